The van der Waals surface area contributed by atoms with E-state index < -0.39 is 5.97 Å². The van der Waals surface area contributed by atoms with Gasteiger partial charge in [0.25, 0.3) is 0 Å². The number of aliphatic carboxylic acids is 1. The van der Waals surface area contributed by atoms with E-state index in [-0.39, 0.29) is 18.1 Å². The lowest BCUT2D eigenvalue weighted by atomic mass is 9.82. The van der Waals surface area contributed by atoms with Gasteiger partial charge in [-0.3, -0.25) is 9.59 Å². The lowest BCUT2D eigenvalue weighted by molar-refractivity contribution is -0.137. The molecule has 7 heteroatoms. The molecule has 2 aromatic carbocycles. The number of Topliss-reactive ketones (excluding diaryl/α,β-unsaturated/α-hetero) is 1. The highest BCUT2D eigenvalue weighted by molar-refractivity contribution is 5.83. The number of carbonyl (C=O) groups is 2. The Kier molecular flexibility index (Phi) is 8.32. The van der Waals surface area contributed by atoms with Gasteiger partial charge in [-0.2, -0.15) is 0 Å². The lowest BCUT2D eigenvalue weighted by Crippen LogP contribution is -2.31. The van der Waals surface area contributed by atoms with Crippen LogP contribution >= 0.6 is 0 Å². The first kappa shape index (κ1) is 24.7. The van der Waals surface area contributed by atoms with Gasteiger partial charge >= 0.3 is 5.97 Å². The van der Waals surface area contributed by atoms with Crippen LogP contribution in [0.3, 0.4) is 0 Å². The van der Waals surface area contributed by atoms with Crippen LogP contribution in [0.2, 0.25) is 0 Å². The molecule has 0 radical (unpaired) electrons. The van der Waals surface area contributed by atoms with Crippen LogP contribution in [-0.2, 0) is 29.0 Å². The van der Waals surface area contributed by atoms with Gasteiger partial charge in [-0.05, 0) is 61.6 Å². The van der Waals surface area contributed by atoms with Crippen LogP contribution in [0.1, 0.15) is 48.3 Å². The van der Waals surface area contributed by atoms with Gasteiger partial charge in [-0.25, -0.2) is 4.98 Å². The fourth-order valence-corrected chi connectivity index (χ4v) is 4.17. The van der Waals surface area contributed by atoms with Gasteiger partial charge in [0.15, 0.2) is 0 Å². The normalized spacial score (nSPS) is 13.4. The Hall–Kier alpha value is -3.45. The summed E-state index contributed by atoms with van der Waals surface area (Å²) in [7, 11) is 0. The number of carboxylic acids is 1. The second-order valence-corrected chi connectivity index (χ2v) is 9.01. The van der Waals surface area contributed by atoms with E-state index in [1.54, 1.807) is 0 Å². The Labute approximate surface area is 205 Å². The molecule has 0 aliphatic heterocycles. The van der Waals surface area contributed by atoms with Crippen molar-refractivity contribution in [3.63, 3.8) is 0 Å². The molecule has 1 aromatic heterocycles. The number of rotatable bonds is 13. The van der Waals surface area contributed by atoms with Gasteiger partial charge < -0.3 is 19.6 Å². The quantitative estimate of drug-likeness (QED) is 0.367. The van der Waals surface area contributed by atoms with E-state index in [4.69, 9.17) is 14.3 Å². The van der Waals surface area contributed by atoms with Crippen molar-refractivity contribution in [3.8, 4) is 17.2 Å². The third kappa shape index (κ3) is 6.79. The molecular formula is C28H32N2O5. The summed E-state index contributed by atoms with van der Waals surface area (Å²) < 4.78 is 11.8. The zero-order valence-electron chi connectivity index (χ0n) is 20.1. The molecule has 4 rings (SSSR count). The molecule has 1 aliphatic rings. The maximum absolute atomic E-state index is 12.2. The molecule has 1 fully saturated rings. The molecule has 0 amide bonds. The third-order valence-corrected chi connectivity index (χ3v) is 6.48. The Morgan fingerprint density at radius 3 is 2.63 bits per heavy atom. The summed E-state index contributed by atoms with van der Waals surface area (Å²) in [6.45, 7) is 3.17. The second-order valence-electron chi connectivity index (χ2n) is 9.01. The molecule has 0 bridgehead atoms. The van der Waals surface area contributed by atoms with Gasteiger partial charge in [0.05, 0.1) is 18.8 Å². The van der Waals surface area contributed by atoms with E-state index in [0.29, 0.717) is 44.2 Å². The number of hydrogen-bond acceptors (Lipinski definition) is 6. The molecule has 0 saturated heterocycles. The highest BCUT2D eigenvalue weighted by Crippen LogP contribution is 2.27. The molecule has 0 atom stereocenters. The van der Waals surface area contributed by atoms with Gasteiger partial charge in [-0.15, -0.1) is 0 Å². The minimum atomic E-state index is -0.831. The Bertz CT molecular complexity index is 1150. The molecule has 0 spiro atoms. The van der Waals surface area contributed by atoms with Gasteiger partial charge in [0, 0.05) is 30.9 Å². The van der Waals surface area contributed by atoms with Gasteiger partial charge in [0.1, 0.15) is 17.3 Å². The highest BCUT2D eigenvalue weighted by atomic mass is 16.5. The number of nitrogens with one attached hydrogen (secondary N) is 1. The number of nitrogens with zero attached hydrogens (tertiary/aromatic N) is 1. The number of benzene rings is 2. The van der Waals surface area contributed by atoms with E-state index in [1.807, 2.05) is 55.5 Å². The predicted molar refractivity (Wildman–Crippen MR) is 132 cm³/mol. The Morgan fingerprint density at radius 1 is 1.11 bits per heavy atom. The summed E-state index contributed by atoms with van der Waals surface area (Å²) in [5.74, 6) is 1.71. The number of hydrogen-bond donors (Lipinski definition) is 2. The largest absolute Gasteiger partial charge is 0.493 e. The number of carboxylic acid groups (broad SMARTS) is 1. The number of oxazole rings is 1. The van der Waals surface area contributed by atoms with Crippen molar-refractivity contribution in [2.75, 3.05) is 13.2 Å². The number of ketones is 1. The summed E-state index contributed by atoms with van der Waals surface area (Å²) in [6, 6.07) is 15.5. The molecule has 0 unspecified atom stereocenters. The molecule has 1 saturated carbocycles. The smallest absolute Gasteiger partial charge is 0.303 e. The average molecular weight is 477 g/mol. The van der Waals surface area contributed by atoms with Crippen LogP contribution in [0.4, 0.5) is 0 Å². The minimum absolute atomic E-state index is 0.0589. The first-order valence-electron chi connectivity index (χ1n) is 12.2. The van der Waals surface area contributed by atoms with Crippen molar-refractivity contribution < 1.29 is 23.8 Å². The summed E-state index contributed by atoms with van der Waals surface area (Å²) in [5.41, 5.74) is 3.70. The minimum Gasteiger partial charge on any atom is -0.493 e. The Balaban J connectivity index is 1.36. The van der Waals surface area contributed by atoms with E-state index in [9.17, 15) is 9.59 Å². The van der Waals surface area contributed by atoms with Crippen LogP contribution in [0.15, 0.2) is 52.9 Å². The van der Waals surface area contributed by atoms with E-state index in [2.05, 4.69) is 10.3 Å². The molecular weight excluding hydrogens is 444 g/mol. The maximum atomic E-state index is 12.2. The van der Waals surface area contributed by atoms with Crippen LogP contribution in [0.25, 0.3) is 11.5 Å². The van der Waals surface area contributed by atoms with Crippen LogP contribution < -0.4 is 10.1 Å². The van der Waals surface area contributed by atoms with Crippen molar-refractivity contribution in [1.29, 1.82) is 0 Å². The summed E-state index contributed by atoms with van der Waals surface area (Å²) >= 11 is 0. The molecule has 2 N–H and O–H groups in total. The molecule has 1 heterocycles. The maximum Gasteiger partial charge on any atom is 0.303 e. The zero-order valence-corrected chi connectivity index (χ0v) is 20.1. The second kappa shape index (κ2) is 11.8. The van der Waals surface area contributed by atoms with Gasteiger partial charge in [-0.1, -0.05) is 30.7 Å². The van der Waals surface area contributed by atoms with Crippen molar-refractivity contribution in [1.82, 2.24) is 10.3 Å². The van der Waals surface area contributed by atoms with E-state index in [0.717, 1.165) is 47.4 Å². The predicted octanol–water partition coefficient (Wildman–Crippen LogP) is 4.75. The average Bonchev–Trinajstić information content (AvgIpc) is 3.18. The Morgan fingerprint density at radius 2 is 1.91 bits per heavy atom. The standard InChI is InChI=1S/C28H32N2O5/c1-19-25(30-28(35-19)22-6-3-2-4-7-22)14-15-34-24-12-10-20(11-13-27(32)33)23(16-24)17-29-18-26(31)21-8-5-9-21/h2-4,6-7,10,12,16,21,29H,5,8-9,11,13-15,17-18H2,1H3,(H,32,33). The number of carbonyl (C=O) groups excluding carboxylic acids is 1. The molecule has 184 valence electrons. The monoisotopic (exact) mass is 476 g/mol. The fourth-order valence-electron chi connectivity index (χ4n) is 4.17. The van der Waals surface area contributed by atoms with Crippen molar-refractivity contribution in [2.45, 2.75) is 52.0 Å². The number of aryl methyl sites for hydroxylation is 2. The SMILES string of the molecule is Cc1oc(-c2ccccc2)nc1CCOc1ccc(CCC(=O)O)c(CNCC(=O)C2CCC2)c1. The van der Waals surface area contributed by atoms with Gasteiger partial charge in [0.2, 0.25) is 5.89 Å². The lowest BCUT2D eigenvalue weighted by Gasteiger charge is -2.24. The third-order valence-electron chi connectivity index (χ3n) is 6.48. The topological polar surface area (TPSA) is 102 Å². The first-order chi connectivity index (χ1) is 17.0. The molecule has 3 aromatic rings. The van der Waals surface area contributed by atoms with Crippen molar-refractivity contribution >= 4 is 11.8 Å². The number of aromatic nitrogens is 1. The zero-order chi connectivity index (χ0) is 24.6. The van der Waals surface area contributed by atoms with Crippen LogP contribution in [-0.4, -0.2) is 35.0 Å². The molecule has 7 nitrogen and oxygen atoms in total. The van der Waals surface area contributed by atoms with Crippen molar-refractivity contribution in [2.24, 2.45) is 5.92 Å². The van der Waals surface area contributed by atoms with Crippen LogP contribution in [0, 0.1) is 12.8 Å². The first-order valence-corrected chi connectivity index (χ1v) is 12.2. The van der Waals surface area contributed by atoms with E-state index >= 15 is 0 Å². The fraction of sp³-hybridized carbons (Fsp3) is 0.393. The molecule has 1 aliphatic carbocycles. The van der Waals surface area contributed by atoms with E-state index in [1.165, 1.54) is 0 Å². The summed E-state index contributed by atoms with van der Waals surface area (Å²) in [6.07, 6.45) is 4.22. The number of ether oxygens (including phenoxy) is 1. The van der Waals surface area contributed by atoms with Crippen LogP contribution in [0.5, 0.6) is 5.75 Å². The summed E-state index contributed by atoms with van der Waals surface area (Å²) in [4.78, 5) is 27.9. The highest BCUT2D eigenvalue weighted by Gasteiger charge is 2.24. The van der Waals surface area contributed by atoms with Crippen molar-refractivity contribution in [3.05, 3.63) is 71.1 Å². The summed E-state index contributed by atoms with van der Waals surface area (Å²) in [5, 5.41) is 12.3. The molecule has 35 heavy (non-hydrogen) atoms.